The van der Waals surface area contributed by atoms with Gasteiger partial charge in [-0.05, 0) is 41.8 Å². The number of hydrogen-bond donors (Lipinski definition) is 2. The van der Waals surface area contributed by atoms with Crippen LogP contribution in [0.4, 0.5) is 5.88 Å². The van der Waals surface area contributed by atoms with Gasteiger partial charge >= 0.3 is 0 Å². The van der Waals surface area contributed by atoms with Crippen LogP contribution >= 0.6 is 0 Å². The van der Waals surface area contributed by atoms with Crippen molar-refractivity contribution < 1.29 is 31.9 Å². The number of nitrogens with one attached hydrogen (secondary N) is 2. The number of amides is 1. The first-order chi connectivity index (χ1) is 15.8. The van der Waals surface area contributed by atoms with Crippen LogP contribution in [0.2, 0.25) is 0 Å². The molecule has 0 atom stereocenters. The molecule has 1 aliphatic rings. The molecular weight excluding hydrogens is 450 g/mol. The molecule has 11 heteroatoms. The van der Waals surface area contributed by atoms with E-state index in [4.69, 9.17) is 18.7 Å². The van der Waals surface area contributed by atoms with Crippen LogP contribution < -0.4 is 24.2 Å². The van der Waals surface area contributed by atoms with Gasteiger partial charge in [-0.2, -0.15) is 0 Å². The van der Waals surface area contributed by atoms with E-state index in [9.17, 15) is 13.2 Å². The smallest absolute Gasteiger partial charge is 0.244 e. The fourth-order valence-corrected chi connectivity index (χ4v) is 4.67. The summed E-state index contributed by atoms with van der Waals surface area (Å²) in [4.78, 5) is 11.5. The third-order valence-electron chi connectivity index (χ3n) is 5.03. The highest BCUT2D eigenvalue weighted by Gasteiger charge is 2.24. The Hall–Kier alpha value is -3.57. The number of nitrogens with zero attached hydrogens (tertiary/aromatic N) is 1. The molecule has 4 rings (SSSR count). The van der Waals surface area contributed by atoms with E-state index in [1.807, 2.05) is 6.92 Å². The van der Waals surface area contributed by atoms with Crippen molar-refractivity contribution in [3.05, 3.63) is 47.7 Å². The Morgan fingerprint density at radius 2 is 1.94 bits per heavy atom. The van der Waals surface area contributed by atoms with E-state index in [1.165, 1.54) is 20.1 Å². The van der Waals surface area contributed by atoms with Gasteiger partial charge in [0.1, 0.15) is 10.6 Å². The van der Waals surface area contributed by atoms with Gasteiger partial charge < -0.3 is 18.7 Å². The Morgan fingerprint density at radius 3 is 2.67 bits per heavy atom. The number of benzene rings is 2. The highest BCUT2D eigenvalue weighted by molar-refractivity contribution is 7.89. The highest BCUT2D eigenvalue weighted by Crippen LogP contribution is 2.37. The van der Waals surface area contributed by atoms with Crippen LogP contribution in [0.15, 0.2) is 45.8 Å². The quantitative estimate of drug-likeness (QED) is 0.511. The summed E-state index contributed by atoms with van der Waals surface area (Å²) in [5.41, 5.74) is 2.32. The maximum absolute atomic E-state index is 13.2. The molecule has 0 radical (unpaired) electrons. The molecule has 0 spiro atoms. The van der Waals surface area contributed by atoms with Crippen molar-refractivity contribution in [2.24, 2.45) is 0 Å². The molecule has 0 aliphatic carbocycles. The van der Waals surface area contributed by atoms with Crippen LogP contribution in [0.1, 0.15) is 25.1 Å². The Kier molecular flexibility index (Phi) is 6.25. The molecule has 1 aliphatic heterocycles. The lowest BCUT2D eigenvalue weighted by atomic mass is 10.0. The number of sulfonamides is 1. The molecule has 3 aromatic rings. The summed E-state index contributed by atoms with van der Waals surface area (Å²) in [6.45, 7) is 3.41. The number of aromatic nitrogens is 1. The van der Waals surface area contributed by atoms with Gasteiger partial charge in [0.05, 0.1) is 18.4 Å². The first-order valence-corrected chi connectivity index (χ1v) is 11.6. The lowest BCUT2D eigenvalue weighted by Crippen LogP contribution is -2.23. The summed E-state index contributed by atoms with van der Waals surface area (Å²) in [6, 6.07) is 9.92. The molecule has 2 aromatic carbocycles. The normalized spacial score (nSPS) is 12.6. The van der Waals surface area contributed by atoms with Crippen LogP contribution in [-0.2, 0) is 27.8 Å². The molecule has 0 saturated heterocycles. The molecule has 0 saturated carbocycles. The number of methoxy groups -OCH3 is 1. The maximum Gasteiger partial charge on any atom is 0.244 e. The minimum absolute atomic E-state index is 0.0387. The summed E-state index contributed by atoms with van der Waals surface area (Å²) in [5, 5.41) is 6.59. The predicted octanol–water partition coefficient (Wildman–Crippen LogP) is 3.08. The Bertz CT molecular complexity index is 1300. The van der Waals surface area contributed by atoms with Gasteiger partial charge in [-0.15, -0.1) is 0 Å². The molecule has 0 unspecified atom stereocenters. The summed E-state index contributed by atoms with van der Waals surface area (Å²) in [5.74, 6) is 1.18. The SMILES string of the molecule is CCc1noc(NC(C)=O)c1-c1ccc(OC)c(S(=O)(=O)NCc2ccc3c(c2)OCO3)c1. The topological polar surface area (TPSA) is 129 Å². The number of aryl methyl sites for hydroxylation is 1. The largest absolute Gasteiger partial charge is 0.495 e. The average molecular weight is 474 g/mol. The van der Waals surface area contributed by atoms with E-state index in [1.54, 1.807) is 30.3 Å². The zero-order valence-electron chi connectivity index (χ0n) is 18.3. The maximum atomic E-state index is 13.2. The molecule has 1 amide bonds. The molecule has 33 heavy (non-hydrogen) atoms. The van der Waals surface area contributed by atoms with E-state index in [2.05, 4.69) is 15.2 Å². The fourth-order valence-electron chi connectivity index (χ4n) is 3.46. The van der Waals surface area contributed by atoms with E-state index in [0.29, 0.717) is 40.3 Å². The molecule has 1 aromatic heterocycles. The van der Waals surface area contributed by atoms with Gasteiger partial charge in [0.2, 0.25) is 28.6 Å². The van der Waals surface area contributed by atoms with Crippen molar-refractivity contribution >= 4 is 21.8 Å². The van der Waals surface area contributed by atoms with Gasteiger partial charge in [-0.3, -0.25) is 10.1 Å². The van der Waals surface area contributed by atoms with Crippen LogP contribution in [0.25, 0.3) is 11.1 Å². The average Bonchev–Trinajstić information content (AvgIpc) is 3.43. The van der Waals surface area contributed by atoms with Crippen molar-refractivity contribution in [2.45, 2.75) is 31.7 Å². The van der Waals surface area contributed by atoms with Gasteiger partial charge in [0, 0.05) is 13.5 Å². The lowest BCUT2D eigenvalue weighted by molar-refractivity contribution is -0.114. The predicted molar refractivity (Wildman–Crippen MR) is 119 cm³/mol. The van der Waals surface area contributed by atoms with Crippen molar-refractivity contribution in [3.8, 4) is 28.4 Å². The third-order valence-corrected chi connectivity index (χ3v) is 6.45. The van der Waals surface area contributed by atoms with Crippen molar-refractivity contribution in [2.75, 3.05) is 19.2 Å². The van der Waals surface area contributed by atoms with Gasteiger partial charge in [0.25, 0.3) is 0 Å². The summed E-state index contributed by atoms with van der Waals surface area (Å²) >= 11 is 0. The first kappa shape index (κ1) is 22.6. The molecule has 0 bridgehead atoms. The van der Waals surface area contributed by atoms with Crippen LogP contribution in [0.5, 0.6) is 17.2 Å². The molecule has 2 N–H and O–H groups in total. The summed E-state index contributed by atoms with van der Waals surface area (Å²) in [6.07, 6.45) is 0.523. The number of fused-ring (bicyclic) bond motifs is 1. The zero-order valence-corrected chi connectivity index (χ0v) is 19.1. The second-order valence-electron chi connectivity index (χ2n) is 7.25. The minimum atomic E-state index is -3.97. The van der Waals surface area contributed by atoms with Crippen LogP contribution in [0.3, 0.4) is 0 Å². The van der Waals surface area contributed by atoms with Crippen LogP contribution in [0, 0.1) is 0 Å². The Balaban J connectivity index is 1.67. The van der Waals surface area contributed by atoms with Gasteiger partial charge in [0.15, 0.2) is 11.5 Å². The minimum Gasteiger partial charge on any atom is -0.495 e. The standard InChI is InChI=1S/C22H23N3O7S/c1-4-16-21(22(32-25-16)24-13(2)26)15-6-8-18(29-3)20(10-15)33(27,28)23-11-14-5-7-17-19(9-14)31-12-30-17/h5-10,23H,4,11-12H2,1-3H3,(H,24,26). The second-order valence-corrected chi connectivity index (χ2v) is 8.98. The van der Waals surface area contributed by atoms with Crippen molar-refractivity contribution in [3.63, 3.8) is 0 Å². The number of hydrogen-bond acceptors (Lipinski definition) is 8. The van der Waals surface area contributed by atoms with Crippen LogP contribution in [-0.4, -0.2) is 33.4 Å². The molecule has 2 heterocycles. The van der Waals surface area contributed by atoms with Gasteiger partial charge in [-0.25, -0.2) is 13.1 Å². The van der Waals surface area contributed by atoms with E-state index in [0.717, 1.165) is 0 Å². The third kappa shape index (κ3) is 4.64. The number of ether oxygens (including phenoxy) is 3. The zero-order chi connectivity index (χ0) is 23.6. The van der Waals surface area contributed by atoms with Gasteiger partial charge in [-0.1, -0.05) is 24.2 Å². The molecule has 0 fully saturated rings. The van der Waals surface area contributed by atoms with E-state index < -0.39 is 10.0 Å². The number of anilines is 1. The first-order valence-electron chi connectivity index (χ1n) is 10.1. The lowest BCUT2D eigenvalue weighted by Gasteiger charge is -2.13. The van der Waals surface area contributed by atoms with E-state index >= 15 is 0 Å². The summed E-state index contributed by atoms with van der Waals surface area (Å²) < 4.78 is 50.2. The molecule has 174 valence electrons. The molecule has 10 nitrogen and oxygen atoms in total. The number of rotatable bonds is 8. The Morgan fingerprint density at radius 1 is 1.15 bits per heavy atom. The second kappa shape index (κ2) is 9.12. The Labute approximate surface area is 190 Å². The molecular formula is C22H23N3O7S. The van der Waals surface area contributed by atoms with Crippen molar-refractivity contribution in [1.82, 2.24) is 9.88 Å². The fraction of sp³-hybridized carbons (Fsp3) is 0.273. The number of carbonyl (C=O) groups excluding carboxylic acids is 1. The van der Waals surface area contributed by atoms with Crippen molar-refractivity contribution in [1.29, 1.82) is 0 Å². The number of carbonyl (C=O) groups is 1. The van der Waals surface area contributed by atoms with E-state index in [-0.39, 0.29) is 35.8 Å². The monoisotopic (exact) mass is 473 g/mol. The highest BCUT2D eigenvalue weighted by atomic mass is 32.2. The summed E-state index contributed by atoms with van der Waals surface area (Å²) in [7, 11) is -2.58.